The number of imidazole rings is 1. The number of hydrogen-bond acceptors (Lipinski definition) is 20. The van der Waals surface area contributed by atoms with Crippen LogP contribution >= 0.6 is 0 Å². The molecular weight excluding hydrogens is 1380 g/mol. The van der Waals surface area contributed by atoms with Crippen LogP contribution in [0, 0.1) is 0 Å². The van der Waals surface area contributed by atoms with Crippen molar-refractivity contribution < 1.29 is 4.74 Å². The zero-order valence-electron chi connectivity index (χ0n) is 74.0. The number of likely N-dealkylation sites (tertiary alicyclic amines) is 6. The zero-order valence-corrected chi connectivity index (χ0v) is 74.0. The first-order chi connectivity index (χ1) is 51.3. The number of nitrogens with zero attached hydrogens (tertiary/aromatic N) is 20. The van der Waals surface area contributed by atoms with Gasteiger partial charge < -0.3 is 88.2 Å². The van der Waals surface area contributed by atoms with Crippen molar-refractivity contribution in [1.29, 1.82) is 0 Å². The van der Waals surface area contributed by atoms with Gasteiger partial charge in [-0.1, -0.05) is 43.6 Å². The van der Waals surface area contributed by atoms with Crippen molar-refractivity contribution in [2.75, 3.05) is 288 Å². The number of morpholine rings is 1. The maximum atomic E-state index is 5.10. The number of aryl methyl sites for hydroxylation is 3. The van der Waals surface area contributed by atoms with Crippen molar-refractivity contribution in [3.8, 4) is 0 Å². The topological polar surface area (TPSA) is 141 Å². The van der Waals surface area contributed by atoms with Crippen LogP contribution in [0.5, 0.6) is 0 Å². The molecule has 0 saturated carbocycles. The molecule has 0 aromatic carbocycles. The molecule has 28 heteroatoms. The molecule has 16 heterocycles. The third-order valence-corrected chi connectivity index (χ3v) is 18.8. The van der Waals surface area contributed by atoms with Gasteiger partial charge in [-0.15, -0.1) is 0 Å². The standard InChI is InChI=1S/C6H14N2.3C6H13N.C6H11N.C6H9N.C5H12N2.C5H8N2.C5H11NO.3C5H11N.C5H7N.C4H8N2.2C4H6N2.5B/c1-8-5-2-3-7-4-6-8;5*1-7-5-3-2-4-6-7;1-7-4-2-6-3-5-7;1-7-4-2-3-6-5-7;1-6-2-4-7-5-3-6;4*1-6-4-2-3-5-6;2*1-6-3-2-5-4-6;1-6-4-2-3-5-6;;;;;/h7H,2-6H2,1H3;3*2-6H2,1H3;2-3H,4-6H2,1H3;2-5H,6H2,1H3;6H,2-5H2,1H3;2-4H,5H2,1H3;2-5H2,1H3;3*2-5H2,1H3;2-5H,1H3;4H,2-3H2,1H3;2*2-4H,1H3;;;;;. The highest BCUT2D eigenvalue weighted by molar-refractivity contribution is 5.76. The first-order valence-corrected chi connectivity index (χ1v) is 40.8. The third-order valence-electron chi connectivity index (χ3n) is 18.8. The van der Waals surface area contributed by atoms with Crippen LogP contribution in [0.2, 0.25) is 0 Å². The van der Waals surface area contributed by atoms with Crippen LogP contribution in [0.25, 0.3) is 0 Å². The van der Waals surface area contributed by atoms with Crippen molar-refractivity contribution in [1.82, 2.24) is 98.2 Å². The van der Waals surface area contributed by atoms with E-state index in [1.165, 1.54) is 227 Å². The van der Waals surface area contributed by atoms with E-state index < -0.39 is 0 Å². The zero-order chi connectivity index (χ0) is 77.6. The highest BCUT2D eigenvalue weighted by Gasteiger charge is 2.08. The van der Waals surface area contributed by atoms with Crippen molar-refractivity contribution in [2.24, 2.45) is 31.1 Å². The van der Waals surface area contributed by atoms with Gasteiger partial charge in [0.15, 0.2) is 0 Å². The fourth-order valence-electron chi connectivity index (χ4n) is 11.5. The number of hydrogen-bond donors (Lipinski definition) is 2. The van der Waals surface area contributed by atoms with E-state index in [4.69, 9.17) is 4.74 Å². The molecule has 23 nitrogen and oxygen atoms in total. The Labute approximate surface area is 693 Å². The van der Waals surface area contributed by atoms with E-state index in [2.05, 4.69) is 198 Å². The van der Waals surface area contributed by atoms with Crippen LogP contribution in [0.15, 0.2) is 121 Å². The summed E-state index contributed by atoms with van der Waals surface area (Å²) in [7, 11) is 33.6. The average molecular weight is 1540 g/mol. The molecule has 9 fully saturated rings. The van der Waals surface area contributed by atoms with Crippen molar-refractivity contribution in [3.05, 3.63) is 111 Å². The Hall–Kier alpha value is -4.80. The first-order valence-electron chi connectivity index (χ1n) is 40.8. The number of aliphatic imine (C=N–C) groups is 2. The highest BCUT2D eigenvalue weighted by atomic mass is 16.5. The quantitative estimate of drug-likeness (QED) is 0.175. The normalized spacial score (nSPS) is 20.2. The molecule has 627 valence electrons. The predicted molar refractivity (Wildman–Crippen MR) is 487 cm³/mol. The number of nitrogens with one attached hydrogen (secondary N) is 2. The first kappa shape index (κ1) is 115. The summed E-state index contributed by atoms with van der Waals surface area (Å²) >= 11 is 0. The van der Waals surface area contributed by atoms with Crippen molar-refractivity contribution in [3.63, 3.8) is 0 Å². The minimum Gasteiger partial charge on any atom is -0.379 e. The van der Waals surface area contributed by atoms with E-state index in [-0.39, 0.29) is 42.1 Å². The molecule has 15 radical (unpaired) electrons. The molecule has 111 heavy (non-hydrogen) atoms. The van der Waals surface area contributed by atoms with Crippen LogP contribution in [-0.4, -0.2) is 430 Å². The minimum absolute atomic E-state index is 0. The largest absolute Gasteiger partial charge is 0.379 e. The van der Waals surface area contributed by atoms with Crippen LogP contribution in [0.3, 0.4) is 0 Å². The summed E-state index contributed by atoms with van der Waals surface area (Å²) < 4.78 is 10.7. The fraction of sp³-hybridized carbons (Fsp3) is 0.759. The summed E-state index contributed by atoms with van der Waals surface area (Å²) in [5.74, 6) is 0. The van der Waals surface area contributed by atoms with E-state index in [1.54, 1.807) is 29.6 Å². The monoisotopic (exact) mass is 1540 g/mol. The number of allylic oxidation sites excluding steroid dienone is 3. The molecule has 0 aliphatic carbocycles. The van der Waals surface area contributed by atoms with Gasteiger partial charge in [-0.2, -0.15) is 5.10 Å². The van der Waals surface area contributed by atoms with Crippen LogP contribution in [0.1, 0.15) is 109 Å². The molecule has 13 aliphatic rings. The summed E-state index contributed by atoms with van der Waals surface area (Å²) in [4.78, 5) is 41.5. The number of rotatable bonds is 0. The molecule has 2 N–H and O–H groups in total. The minimum atomic E-state index is 0. The highest BCUT2D eigenvalue weighted by Crippen LogP contribution is 2.08. The van der Waals surface area contributed by atoms with E-state index in [1.807, 2.05) is 117 Å². The lowest BCUT2D eigenvalue weighted by molar-refractivity contribution is 0.0503. The van der Waals surface area contributed by atoms with Gasteiger partial charge in [0.05, 0.1) is 32.4 Å². The Morgan fingerprint density at radius 1 is 0.315 bits per heavy atom. The summed E-state index contributed by atoms with van der Waals surface area (Å²) in [6, 6.07) is 5.89. The Morgan fingerprint density at radius 2 is 0.739 bits per heavy atom. The maximum absolute atomic E-state index is 5.10. The molecule has 0 spiro atoms. The van der Waals surface area contributed by atoms with Gasteiger partial charge in [0.25, 0.3) is 0 Å². The van der Waals surface area contributed by atoms with Gasteiger partial charge in [-0.3, -0.25) is 14.7 Å². The maximum Gasteiger partial charge on any atom is 0.109 e. The molecule has 3 aromatic rings. The molecule has 9 saturated heterocycles. The Morgan fingerprint density at radius 3 is 0.937 bits per heavy atom. The second kappa shape index (κ2) is 83.2. The van der Waals surface area contributed by atoms with Gasteiger partial charge in [0.2, 0.25) is 0 Å². The Kier molecular flexibility index (Phi) is 86.0. The predicted octanol–water partition coefficient (Wildman–Crippen LogP) is 7.10. The molecule has 0 bridgehead atoms. The number of likely N-dealkylation sites (N-methyl/N-ethyl adjacent to an activating group) is 6. The van der Waals surface area contributed by atoms with Gasteiger partial charge >= 0.3 is 0 Å². The van der Waals surface area contributed by atoms with Crippen molar-refractivity contribution >= 4 is 54.6 Å². The SMILES string of the molecule is CN1C=CC=CC1.CN1C=CC=NC1.CN1C=NCC1.CN1CC=CCC1.CN1CCCC1.CN1CCCC1.CN1CCCC1.CN1CCCCC1.CN1CCCCC1.CN1CCCCC1.CN1CCCNCC1.CN1CCNCC1.CN1CCOCC1.Cn1cccc1.Cn1cccn1.Cn1ccnc1.[B].[B].[B].[B].[B]. The average Bonchev–Trinajstić information content (AvgIpc) is 1.88. The molecule has 13 aliphatic heterocycles. The van der Waals surface area contributed by atoms with Crippen LogP contribution in [-0.2, 0) is 25.9 Å². The second-order valence-corrected chi connectivity index (χ2v) is 30.1. The van der Waals surface area contributed by atoms with Crippen molar-refractivity contribution in [2.45, 2.75) is 109 Å². The number of piperazine rings is 1. The van der Waals surface area contributed by atoms with E-state index >= 15 is 0 Å². The molecule has 0 atom stereocenters. The lowest BCUT2D eigenvalue weighted by Crippen LogP contribution is -2.40. The Bertz CT molecular complexity index is 2200. The van der Waals surface area contributed by atoms with Gasteiger partial charge in [-0.25, -0.2) is 4.98 Å². The Balaban J connectivity index is -0.000000359. The third kappa shape index (κ3) is 81.6. The summed E-state index contributed by atoms with van der Waals surface area (Å²) in [5, 5.41) is 10.4. The number of ether oxygens (including phenoxy) is 1. The smallest absolute Gasteiger partial charge is 0.109 e. The van der Waals surface area contributed by atoms with Gasteiger partial charge in [0.1, 0.15) is 6.67 Å². The summed E-state index contributed by atoms with van der Waals surface area (Å²) in [5.41, 5.74) is 0. The van der Waals surface area contributed by atoms with Gasteiger partial charge in [-0.05, 0) is 289 Å². The van der Waals surface area contributed by atoms with Crippen LogP contribution < -0.4 is 10.6 Å². The van der Waals surface area contributed by atoms with Gasteiger partial charge in [0, 0.05) is 212 Å². The summed E-state index contributed by atoms with van der Waals surface area (Å²) in [6.07, 6.45) is 57.2. The molecule has 16 rings (SSSR count). The number of piperidine rings is 3. The molecule has 3 aromatic heterocycles. The van der Waals surface area contributed by atoms with E-state index in [0.717, 1.165) is 78.8 Å². The van der Waals surface area contributed by atoms with E-state index in [9.17, 15) is 0 Å². The lowest BCUT2D eigenvalue weighted by Gasteiger charge is -2.21. The molecule has 0 amide bonds. The molecule has 0 unspecified atom stereocenters. The summed E-state index contributed by atoms with van der Waals surface area (Å²) in [6.45, 7) is 35.7. The molecular formula is C83H164B5N22O. The number of aromatic nitrogens is 5. The lowest BCUT2D eigenvalue weighted by atomic mass is 10.1. The fourth-order valence-corrected chi connectivity index (χ4v) is 11.5. The van der Waals surface area contributed by atoms with E-state index in [0.29, 0.717) is 0 Å². The van der Waals surface area contributed by atoms with Crippen LogP contribution in [0.4, 0.5) is 0 Å². The second-order valence-electron chi connectivity index (χ2n) is 30.1.